The minimum Gasteiger partial charge on any atom is -0.478 e. The van der Waals surface area contributed by atoms with E-state index in [0.29, 0.717) is 19.4 Å². The van der Waals surface area contributed by atoms with Gasteiger partial charge in [0.15, 0.2) is 0 Å². The Morgan fingerprint density at radius 2 is 2.26 bits per heavy atom. The Balaban J connectivity index is 2.25. The van der Waals surface area contributed by atoms with Gasteiger partial charge in [-0.1, -0.05) is 6.08 Å². The van der Waals surface area contributed by atoms with Gasteiger partial charge in [0.1, 0.15) is 0 Å². The lowest BCUT2D eigenvalue weighted by molar-refractivity contribution is -0.119. The molecule has 1 aromatic carbocycles. The first-order valence-electron chi connectivity index (χ1n) is 6.08. The third kappa shape index (κ3) is 2.51. The van der Waals surface area contributed by atoms with Gasteiger partial charge in [-0.2, -0.15) is 0 Å². The summed E-state index contributed by atoms with van der Waals surface area (Å²) in [5.74, 6) is -1.11. The van der Waals surface area contributed by atoms with Crippen LogP contribution in [0, 0.1) is 0 Å². The number of nitrogens with two attached hydrogens (primary N) is 1. The topological polar surface area (TPSA) is 83.6 Å². The molecule has 0 radical (unpaired) electrons. The molecule has 100 valence electrons. The number of amides is 1. The van der Waals surface area contributed by atoms with Crippen LogP contribution in [0.2, 0.25) is 0 Å². The Morgan fingerprint density at radius 3 is 2.89 bits per heavy atom. The van der Waals surface area contributed by atoms with Crippen molar-refractivity contribution in [2.45, 2.75) is 18.9 Å². The number of fused-ring (bicyclic) bond motifs is 1. The van der Waals surface area contributed by atoms with E-state index in [1.165, 1.54) is 6.07 Å². The summed E-state index contributed by atoms with van der Waals surface area (Å²) in [5.41, 5.74) is 7.66. The maximum Gasteiger partial charge on any atom is 0.335 e. The molecule has 1 atom stereocenters. The number of carboxylic acids is 1. The number of hydrogen-bond donors (Lipinski definition) is 2. The number of rotatable bonds is 4. The van der Waals surface area contributed by atoms with Gasteiger partial charge in [0, 0.05) is 12.2 Å². The molecule has 2 rings (SSSR count). The van der Waals surface area contributed by atoms with Crippen LogP contribution in [0.1, 0.15) is 22.3 Å². The molecule has 19 heavy (non-hydrogen) atoms. The van der Waals surface area contributed by atoms with Crippen molar-refractivity contribution in [1.29, 1.82) is 0 Å². The standard InChI is InChI=1S/C14H16N2O3/c1-2-3-11(15)13(17)16-7-6-9-8-10(14(18)19)4-5-12(9)16/h2,4-5,8,11H,1,3,6-7,15H2,(H,18,19). The Kier molecular flexibility index (Phi) is 3.66. The Morgan fingerprint density at radius 1 is 1.53 bits per heavy atom. The maximum atomic E-state index is 12.2. The van der Waals surface area contributed by atoms with Crippen molar-refractivity contribution in [2.75, 3.05) is 11.4 Å². The Hall–Kier alpha value is -2.14. The quantitative estimate of drug-likeness (QED) is 0.796. The minimum absolute atomic E-state index is 0.151. The van der Waals surface area contributed by atoms with Gasteiger partial charge >= 0.3 is 5.97 Å². The number of carboxylic acid groups (broad SMARTS) is 1. The molecule has 1 unspecified atom stereocenters. The molecule has 0 bridgehead atoms. The molecule has 5 heteroatoms. The molecular formula is C14H16N2O3. The highest BCUT2D eigenvalue weighted by molar-refractivity contribution is 5.99. The van der Waals surface area contributed by atoms with E-state index in [9.17, 15) is 9.59 Å². The fraction of sp³-hybridized carbons (Fsp3) is 0.286. The average molecular weight is 260 g/mol. The second kappa shape index (κ2) is 5.24. The molecule has 3 N–H and O–H groups in total. The number of nitrogens with zero attached hydrogens (tertiary/aromatic N) is 1. The van der Waals surface area contributed by atoms with E-state index in [0.717, 1.165) is 11.3 Å². The smallest absolute Gasteiger partial charge is 0.335 e. The lowest BCUT2D eigenvalue weighted by atomic mass is 10.1. The molecule has 5 nitrogen and oxygen atoms in total. The van der Waals surface area contributed by atoms with Crippen molar-refractivity contribution in [3.8, 4) is 0 Å². The van der Waals surface area contributed by atoms with Gasteiger partial charge < -0.3 is 15.7 Å². The number of anilines is 1. The summed E-state index contributed by atoms with van der Waals surface area (Å²) in [6, 6.07) is 4.20. The van der Waals surface area contributed by atoms with Gasteiger partial charge in [-0.25, -0.2) is 4.79 Å². The molecule has 1 amide bonds. The summed E-state index contributed by atoms with van der Waals surface area (Å²) in [4.78, 5) is 24.7. The van der Waals surface area contributed by atoms with Crippen molar-refractivity contribution >= 4 is 17.6 Å². The maximum absolute atomic E-state index is 12.2. The molecule has 0 saturated carbocycles. The van der Waals surface area contributed by atoms with Gasteiger partial charge in [-0.3, -0.25) is 4.79 Å². The van der Waals surface area contributed by atoms with Gasteiger partial charge in [-0.05, 0) is 36.6 Å². The van der Waals surface area contributed by atoms with E-state index in [2.05, 4.69) is 6.58 Å². The molecule has 1 aliphatic rings. The van der Waals surface area contributed by atoms with Crippen molar-refractivity contribution in [1.82, 2.24) is 0 Å². The highest BCUT2D eigenvalue weighted by Gasteiger charge is 2.28. The number of aromatic carboxylic acids is 1. The van der Waals surface area contributed by atoms with Crippen LogP contribution in [0.3, 0.4) is 0 Å². The monoisotopic (exact) mass is 260 g/mol. The van der Waals surface area contributed by atoms with E-state index in [4.69, 9.17) is 10.8 Å². The first kappa shape index (κ1) is 13.3. The van der Waals surface area contributed by atoms with Crippen LogP contribution >= 0.6 is 0 Å². The second-order valence-corrected chi connectivity index (χ2v) is 4.52. The number of carbonyl (C=O) groups excluding carboxylic acids is 1. The Bertz CT molecular complexity index is 539. The first-order chi connectivity index (χ1) is 9.04. The fourth-order valence-corrected chi connectivity index (χ4v) is 2.24. The molecule has 0 saturated heterocycles. The Labute approximate surface area is 111 Å². The zero-order valence-corrected chi connectivity index (χ0v) is 10.5. The lowest BCUT2D eigenvalue weighted by Gasteiger charge is -2.20. The zero-order valence-electron chi connectivity index (χ0n) is 10.5. The predicted octanol–water partition coefficient (Wildman–Crippen LogP) is 1.18. The lowest BCUT2D eigenvalue weighted by Crippen LogP contribution is -2.42. The van der Waals surface area contributed by atoms with Crippen LogP contribution in [0.5, 0.6) is 0 Å². The summed E-state index contributed by atoms with van der Waals surface area (Å²) in [5, 5.41) is 8.94. The van der Waals surface area contributed by atoms with Gasteiger partial charge in [0.05, 0.1) is 11.6 Å². The summed E-state index contributed by atoms with van der Waals surface area (Å²) in [7, 11) is 0. The largest absolute Gasteiger partial charge is 0.478 e. The second-order valence-electron chi connectivity index (χ2n) is 4.52. The minimum atomic E-state index is -0.962. The van der Waals surface area contributed by atoms with Crippen LogP contribution in [-0.4, -0.2) is 29.6 Å². The van der Waals surface area contributed by atoms with Gasteiger partial charge in [0.2, 0.25) is 5.91 Å². The van der Waals surface area contributed by atoms with Crippen LogP contribution in [-0.2, 0) is 11.2 Å². The molecule has 0 aliphatic carbocycles. The number of hydrogen-bond acceptors (Lipinski definition) is 3. The average Bonchev–Trinajstić information content (AvgIpc) is 2.80. The van der Waals surface area contributed by atoms with Crippen molar-refractivity contribution in [3.63, 3.8) is 0 Å². The summed E-state index contributed by atoms with van der Waals surface area (Å²) >= 11 is 0. The number of carbonyl (C=O) groups is 2. The third-order valence-corrected chi connectivity index (χ3v) is 3.23. The highest BCUT2D eigenvalue weighted by atomic mass is 16.4. The van der Waals surface area contributed by atoms with Crippen LogP contribution < -0.4 is 10.6 Å². The molecule has 1 aromatic rings. The van der Waals surface area contributed by atoms with E-state index in [1.807, 2.05) is 0 Å². The van der Waals surface area contributed by atoms with Crippen LogP contribution in [0.25, 0.3) is 0 Å². The van der Waals surface area contributed by atoms with E-state index in [-0.39, 0.29) is 11.5 Å². The molecule has 1 aliphatic heterocycles. The predicted molar refractivity (Wildman–Crippen MR) is 72.2 cm³/mol. The molecule has 0 spiro atoms. The SMILES string of the molecule is C=CCC(N)C(=O)N1CCc2cc(C(=O)O)ccc21. The summed E-state index contributed by atoms with van der Waals surface area (Å²) in [6.07, 6.45) is 2.70. The fourth-order valence-electron chi connectivity index (χ4n) is 2.24. The van der Waals surface area contributed by atoms with Crippen molar-refractivity contribution < 1.29 is 14.7 Å². The molecule has 1 heterocycles. The van der Waals surface area contributed by atoms with Gasteiger partial charge in [0.25, 0.3) is 0 Å². The highest BCUT2D eigenvalue weighted by Crippen LogP contribution is 2.29. The molecule has 0 fully saturated rings. The van der Waals surface area contributed by atoms with E-state index in [1.54, 1.807) is 23.1 Å². The van der Waals surface area contributed by atoms with Crippen molar-refractivity contribution in [2.24, 2.45) is 5.73 Å². The first-order valence-corrected chi connectivity index (χ1v) is 6.08. The summed E-state index contributed by atoms with van der Waals surface area (Å²) in [6.45, 7) is 4.11. The van der Waals surface area contributed by atoms with E-state index >= 15 is 0 Å². The van der Waals surface area contributed by atoms with Crippen LogP contribution in [0.4, 0.5) is 5.69 Å². The summed E-state index contributed by atoms with van der Waals surface area (Å²) < 4.78 is 0. The van der Waals surface area contributed by atoms with Gasteiger partial charge in [-0.15, -0.1) is 6.58 Å². The van der Waals surface area contributed by atoms with E-state index < -0.39 is 12.0 Å². The van der Waals surface area contributed by atoms with Crippen LogP contribution in [0.15, 0.2) is 30.9 Å². The third-order valence-electron chi connectivity index (χ3n) is 3.23. The van der Waals surface area contributed by atoms with Crippen molar-refractivity contribution in [3.05, 3.63) is 42.0 Å². The molecular weight excluding hydrogens is 244 g/mol. The zero-order chi connectivity index (χ0) is 14.0. The normalized spacial score (nSPS) is 14.9. The number of benzene rings is 1. The molecule has 0 aromatic heterocycles.